The lowest BCUT2D eigenvalue weighted by Gasteiger charge is -2.30. The van der Waals surface area contributed by atoms with E-state index < -0.39 is 4.92 Å². The molecule has 0 spiro atoms. The molecule has 24 heavy (non-hydrogen) atoms. The Labute approximate surface area is 139 Å². The molecular formula is C17H18N4O3. The molecule has 1 aliphatic rings. The zero-order valence-electron chi connectivity index (χ0n) is 13.3. The molecule has 0 bridgehead atoms. The maximum absolute atomic E-state index is 13.0. The van der Waals surface area contributed by atoms with Crippen LogP contribution in [0.5, 0.6) is 0 Å². The second-order valence-electron chi connectivity index (χ2n) is 5.93. The highest BCUT2D eigenvalue weighted by atomic mass is 16.6. The predicted molar refractivity (Wildman–Crippen MR) is 89.4 cm³/mol. The molecule has 1 aliphatic carbocycles. The summed E-state index contributed by atoms with van der Waals surface area (Å²) in [6, 6.07) is 7.65. The normalized spacial score (nSPS) is 14.9. The fourth-order valence-electron chi connectivity index (χ4n) is 2.78. The van der Waals surface area contributed by atoms with Crippen LogP contribution in [0.3, 0.4) is 0 Å². The molecule has 124 valence electrons. The van der Waals surface area contributed by atoms with E-state index in [2.05, 4.69) is 4.98 Å². The molecule has 7 heteroatoms. The van der Waals surface area contributed by atoms with Crippen LogP contribution >= 0.6 is 0 Å². The molecule has 1 atom stereocenters. The topological polar surface area (TPSA) is 102 Å². The Balaban J connectivity index is 1.96. The van der Waals surface area contributed by atoms with Crippen molar-refractivity contribution in [2.45, 2.75) is 31.8 Å². The largest absolute Gasteiger partial charge is 0.398 e. The Morgan fingerprint density at radius 2 is 2.17 bits per heavy atom. The number of nitrogen functional groups attached to an aromatic ring is 1. The lowest BCUT2D eigenvalue weighted by molar-refractivity contribution is -0.384. The summed E-state index contributed by atoms with van der Waals surface area (Å²) in [4.78, 5) is 29.4. The van der Waals surface area contributed by atoms with Gasteiger partial charge in [-0.3, -0.25) is 19.9 Å². The fourth-order valence-corrected chi connectivity index (χ4v) is 2.78. The van der Waals surface area contributed by atoms with Crippen LogP contribution in [0, 0.1) is 10.1 Å². The Morgan fingerprint density at radius 1 is 1.42 bits per heavy atom. The Kier molecular flexibility index (Phi) is 4.16. The second-order valence-corrected chi connectivity index (χ2v) is 5.93. The van der Waals surface area contributed by atoms with Crippen molar-refractivity contribution in [3.05, 3.63) is 64.0 Å². The van der Waals surface area contributed by atoms with Gasteiger partial charge in [-0.15, -0.1) is 0 Å². The van der Waals surface area contributed by atoms with E-state index in [0.29, 0.717) is 0 Å². The van der Waals surface area contributed by atoms with Gasteiger partial charge in [0, 0.05) is 36.3 Å². The molecule has 3 rings (SSSR count). The maximum atomic E-state index is 13.0. The summed E-state index contributed by atoms with van der Waals surface area (Å²) in [7, 11) is 0. The molecular weight excluding hydrogens is 308 g/mol. The van der Waals surface area contributed by atoms with E-state index in [-0.39, 0.29) is 34.9 Å². The van der Waals surface area contributed by atoms with Crippen molar-refractivity contribution in [2.75, 3.05) is 5.73 Å². The van der Waals surface area contributed by atoms with Crippen molar-refractivity contribution in [3.8, 4) is 0 Å². The Bertz CT molecular complexity index is 775. The molecule has 0 aliphatic heterocycles. The van der Waals surface area contributed by atoms with Crippen molar-refractivity contribution < 1.29 is 9.72 Å². The summed E-state index contributed by atoms with van der Waals surface area (Å²) >= 11 is 0. The van der Waals surface area contributed by atoms with Crippen molar-refractivity contribution in [1.29, 1.82) is 0 Å². The number of nitrogens with zero attached hydrogens (tertiary/aromatic N) is 3. The van der Waals surface area contributed by atoms with E-state index >= 15 is 0 Å². The van der Waals surface area contributed by atoms with Gasteiger partial charge < -0.3 is 10.6 Å². The number of carbonyl (C=O) groups is 1. The first-order valence-electron chi connectivity index (χ1n) is 7.75. The average molecular weight is 326 g/mol. The van der Waals surface area contributed by atoms with Gasteiger partial charge in [0.1, 0.15) is 0 Å². The van der Waals surface area contributed by atoms with Gasteiger partial charge >= 0.3 is 0 Å². The zero-order chi connectivity index (χ0) is 17.3. The average Bonchev–Trinajstić information content (AvgIpc) is 3.40. The van der Waals surface area contributed by atoms with Crippen LogP contribution in [0.1, 0.15) is 41.7 Å². The molecule has 7 nitrogen and oxygen atoms in total. The third-order valence-corrected chi connectivity index (χ3v) is 4.24. The van der Waals surface area contributed by atoms with Crippen LogP contribution in [0.15, 0.2) is 42.7 Å². The molecule has 2 N–H and O–H groups in total. The molecule has 2 aromatic rings. The van der Waals surface area contributed by atoms with Gasteiger partial charge in [0.25, 0.3) is 11.6 Å². The summed E-state index contributed by atoms with van der Waals surface area (Å²) in [6.45, 7) is 1.93. The molecule has 1 heterocycles. The summed E-state index contributed by atoms with van der Waals surface area (Å²) in [5.74, 6) is -0.282. The van der Waals surface area contributed by atoms with Gasteiger partial charge in [-0.2, -0.15) is 0 Å². The predicted octanol–water partition coefficient (Wildman–Crippen LogP) is 2.94. The number of amides is 1. The summed E-state index contributed by atoms with van der Waals surface area (Å²) in [5.41, 5.74) is 7.10. The van der Waals surface area contributed by atoms with Crippen LogP contribution in [-0.4, -0.2) is 26.8 Å². The molecule has 1 aromatic heterocycles. The highest BCUT2D eigenvalue weighted by Gasteiger charge is 2.37. The third kappa shape index (κ3) is 3.05. The van der Waals surface area contributed by atoms with Gasteiger partial charge in [-0.25, -0.2) is 0 Å². The first-order chi connectivity index (χ1) is 11.5. The highest BCUT2D eigenvalue weighted by Crippen LogP contribution is 2.36. The minimum absolute atomic E-state index is 0.131. The summed E-state index contributed by atoms with van der Waals surface area (Å²) < 4.78 is 0. The van der Waals surface area contributed by atoms with Crippen LogP contribution in [-0.2, 0) is 0 Å². The van der Waals surface area contributed by atoms with Gasteiger partial charge in [-0.1, -0.05) is 6.07 Å². The number of aromatic nitrogens is 1. The standard InChI is InChI=1S/C17H18N4O3/c1-11(12-3-2-8-19-10-12)20(13-4-5-13)17(22)15-9-14(21(23)24)6-7-16(15)18/h2-3,6-11,13H,4-5,18H2,1H3/t11-/m0/s1. The zero-order valence-corrected chi connectivity index (χ0v) is 13.3. The van der Waals surface area contributed by atoms with E-state index in [9.17, 15) is 14.9 Å². The first kappa shape index (κ1) is 15.9. The highest BCUT2D eigenvalue weighted by molar-refractivity contribution is 6.00. The van der Waals surface area contributed by atoms with Crippen LogP contribution in [0.25, 0.3) is 0 Å². The number of rotatable bonds is 5. The molecule has 0 radical (unpaired) electrons. The summed E-state index contributed by atoms with van der Waals surface area (Å²) in [6.07, 6.45) is 5.25. The Morgan fingerprint density at radius 3 is 2.75 bits per heavy atom. The van der Waals surface area contributed by atoms with E-state index in [4.69, 9.17) is 5.73 Å². The number of non-ortho nitro benzene ring substituents is 1. The number of nitro groups is 1. The van der Waals surface area contributed by atoms with Gasteiger partial charge in [-0.05, 0) is 37.5 Å². The molecule has 0 saturated heterocycles. The number of hydrogen-bond donors (Lipinski definition) is 1. The third-order valence-electron chi connectivity index (χ3n) is 4.24. The Hall–Kier alpha value is -2.96. The monoisotopic (exact) mass is 326 g/mol. The van der Waals surface area contributed by atoms with Gasteiger partial charge in [0.15, 0.2) is 0 Å². The van der Waals surface area contributed by atoms with Crippen LogP contribution < -0.4 is 5.73 Å². The summed E-state index contributed by atoms with van der Waals surface area (Å²) in [5, 5.41) is 11.0. The quantitative estimate of drug-likeness (QED) is 0.517. The van der Waals surface area contributed by atoms with E-state index in [1.807, 2.05) is 19.1 Å². The van der Waals surface area contributed by atoms with E-state index in [1.165, 1.54) is 18.2 Å². The van der Waals surface area contributed by atoms with Gasteiger partial charge in [0.05, 0.1) is 16.5 Å². The van der Waals surface area contributed by atoms with Crippen molar-refractivity contribution in [2.24, 2.45) is 0 Å². The first-order valence-corrected chi connectivity index (χ1v) is 7.75. The molecule has 1 amide bonds. The minimum Gasteiger partial charge on any atom is -0.398 e. The molecule has 1 saturated carbocycles. The number of nitrogens with two attached hydrogens (primary N) is 1. The number of carbonyl (C=O) groups excluding carboxylic acids is 1. The maximum Gasteiger partial charge on any atom is 0.270 e. The van der Waals surface area contributed by atoms with Crippen LogP contribution in [0.2, 0.25) is 0 Å². The molecule has 1 aromatic carbocycles. The van der Waals surface area contributed by atoms with Crippen molar-refractivity contribution >= 4 is 17.3 Å². The number of pyridine rings is 1. The SMILES string of the molecule is C[C@@H](c1cccnc1)N(C(=O)c1cc([N+](=O)[O-])ccc1N)C1CC1. The van der Waals surface area contributed by atoms with Crippen LogP contribution in [0.4, 0.5) is 11.4 Å². The smallest absolute Gasteiger partial charge is 0.270 e. The number of hydrogen-bond acceptors (Lipinski definition) is 5. The van der Waals surface area contributed by atoms with Crippen molar-refractivity contribution in [3.63, 3.8) is 0 Å². The lowest BCUT2D eigenvalue weighted by Crippen LogP contribution is -2.36. The number of anilines is 1. The number of benzene rings is 1. The number of nitro benzene ring substituents is 1. The fraction of sp³-hybridized carbons (Fsp3) is 0.294. The van der Waals surface area contributed by atoms with Crippen molar-refractivity contribution in [1.82, 2.24) is 9.88 Å². The second kappa shape index (κ2) is 6.27. The minimum atomic E-state index is -0.526. The van der Waals surface area contributed by atoms with Gasteiger partial charge in [0.2, 0.25) is 0 Å². The lowest BCUT2D eigenvalue weighted by atomic mass is 10.1. The van der Waals surface area contributed by atoms with E-state index in [1.54, 1.807) is 17.3 Å². The van der Waals surface area contributed by atoms with E-state index in [0.717, 1.165) is 18.4 Å². The molecule has 0 unspecified atom stereocenters. The molecule has 1 fully saturated rings.